The van der Waals surface area contributed by atoms with Gasteiger partial charge in [0, 0.05) is 43.9 Å². The van der Waals surface area contributed by atoms with Crippen LogP contribution in [0.4, 0.5) is 5.69 Å². The van der Waals surface area contributed by atoms with Gasteiger partial charge in [-0.2, -0.15) is 0 Å². The molecule has 0 bridgehead atoms. The molecule has 0 radical (unpaired) electrons. The Morgan fingerprint density at radius 1 is 1.14 bits per heavy atom. The molecule has 1 aliphatic heterocycles. The lowest BCUT2D eigenvalue weighted by atomic mass is 10.1. The fourth-order valence-electron chi connectivity index (χ4n) is 3.39. The van der Waals surface area contributed by atoms with Crippen molar-refractivity contribution in [2.75, 3.05) is 38.5 Å². The molecule has 0 atom stereocenters. The number of carbonyl (C=O) groups is 2. The van der Waals surface area contributed by atoms with Crippen LogP contribution < -0.4 is 10.9 Å². The lowest BCUT2D eigenvalue weighted by Gasteiger charge is -2.32. The molecule has 2 amide bonds. The number of nitrogens with one attached hydrogen (secondary N) is 2. The van der Waals surface area contributed by atoms with Gasteiger partial charge in [-0.25, -0.2) is 4.98 Å². The zero-order chi connectivity index (χ0) is 20.4. The van der Waals surface area contributed by atoms with Gasteiger partial charge >= 0.3 is 0 Å². The van der Waals surface area contributed by atoms with Crippen molar-refractivity contribution < 1.29 is 9.59 Å². The molecule has 2 fully saturated rings. The van der Waals surface area contributed by atoms with Crippen LogP contribution in [0.3, 0.4) is 0 Å². The lowest BCUT2D eigenvalue weighted by molar-refractivity contribution is -0.132. The van der Waals surface area contributed by atoms with Gasteiger partial charge in [-0.3, -0.25) is 14.4 Å². The summed E-state index contributed by atoms with van der Waals surface area (Å²) in [4.78, 5) is 47.8. The Bertz CT molecular complexity index is 957. The number of amides is 2. The molecule has 152 valence electrons. The van der Waals surface area contributed by atoms with Crippen LogP contribution in [-0.4, -0.2) is 64.8 Å². The maximum atomic E-state index is 12.5. The minimum Gasteiger partial charge on any atom is -0.340 e. The minimum atomic E-state index is -0.417. The normalized spacial score (nSPS) is 17.2. The molecule has 8 nitrogen and oxygen atoms in total. The van der Waals surface area contributed by atoms with Crippen LogP contribution in [-0.2, 0) is 11.2 Å². The molecule has 2 heterocycles. The Kier molecular flexibility index (Phi) is 5.44. The summed E-state index contributed by atoms with van der Waals surface area (Å²) in [5.74, 6) is 0.544. The van der Waals surface area contributed by atoms with Crippen LogP contribution in [0.25, 0.3) is 0 Å². The van der Waals surface area contributed by atoms with Crippen LogP contribution in [0.1, 0.15) is 40.6 Å². The number of hydrogen-bond acceptors (Lipinski definition) is 5. The van der Waals surface area contributed by atoms with Crippen molar-refractivity contribution in [2.24, 2.45) is 0 Å². The molecular formula is C21H25N5O3. The van der Waals surface area contributed by atoms with Crippen LogP contribution in [0.5, 0.6) is 0 Å². The van der Waals surface area contributed by atoms with E-state index in [2.05, 4.69) is 27.2 Å². The van der Waals surface area contributed by atoms with Crippen LogP contribution in [0.2, 0.25) is 0 Å². The summed E-state index contributed by atoms with van der Waals surface area (Å²) < 4.78 is 0. The number of benzene rings is 1. The molecule has 0 unspecified atom stereocenters. The predicted molar refractivity (Wildman–Crippen MR) is 109 cm³/mol. The molecule has 8 heteroatoms. The van der Waals surface area contributed by atoms with Crippen molar-refractivity contribution in [1.82, 2.24) is 19.8 Å². The first-order valence-corrected chi connectivity index (χ1v) is 9.96. The van der Waals surface area contributed by atoms with Gasteiger partial charge < -0.3 is 20.1 Å². The molecular weight excluding hydrogens is 370 g/mol. The van der Waals surface area contributed by atoms with E-state index in [1.165, 1.54) is 6.07 Å². The van der Waals surface area contributed by atoms with Gasteiger partial charge in [0.1, 0.15) is 11.5 Å². The zero-order valence-corrected chi connectivity index (χ0v) is 16.5. The third-order valence-electron chi connectivity index (χ3n) is 5.38. The number of anilines is 1. The highest BCUT2D eigenvalue weighted by atomic mass is 16.2. The van der Waals surface area contributed by atoms with E-state index in [1.807, 2.05) is 17.0 Å². The number of rotatable bonds is 5. The Morgan fingerprint density at radius 2 is 1.83 bits per heavy atom. The Morgan fingerprint density at radius 3 is 2.48 bits per heavy atom. The minimum absolute atomic E-state index is 0.116. The first-order valence-electron chi connectivity index (χ1n) is 9.96. The molecule has 1 aliphatic carbocycles. The smallest absolute Gasteiger partial charge is 0.274 e. The number of H-pyrrole nitrogens is 1. The Hall–Kier alpha value is -3.00. The number of likely N-dealkylation sites (N-methyl/N-ethyl adjacent to an activating group) is 1. The Labute approximate surface area is 168 Å². The van der Waals surface area contributed by atoms with Gasteiger partial charge in [0.2, 0.25) is 5.91 Å². The lowest BCUT2D eigenvalue weighted by Crippen LogP contribution is -2.47. The fraction of sp³-hybridized carbons (Fsp3) is 0.429. The zero-order valence-electron chi connectivity index (χ0n) is 16.5. The average molecular weight is 395 g/mol. The topological polar surface area (TPSA) is 98.4 Å². The predicted octanol–water partition coefficient (Wildman–Crippen LogP) is 1.22. The summed E-state index contributed by atoms with van der Waals surface area (Å²) in [5.41, 5.74) is 1.30. The quantitative estimate of drug-likeness (QED) is 0.793. The maximum absolute atomic E-state index is 12.5. The summed E-state index contributed by atoms with van der Waals surface area (Å²) in [5, 5.41) is 2.77. The van der Waals surface area contributed by atoms with E-state index in [-0.39, 0.29) is 23.1 Å². The third-order valence-corrected chi connectivity index (χ3v) is 5.38. The van der Waals surface area contributed by atoms with Gasteiger partial charge in [-0.15, -0.1) is 0 Å². The van der Waals surface area contributed by atoms with Crippen molar-refractivity contribution in [2.45, 2.75) is 25.2 Å². The van der Waals surface area contributed by atoms with Gasteiger partial charge in [0.25, 0.3) is 11.5 Å². The number of hydrogen-bond donors (Lipinski definition) is 2. The van der Waals surface area contributed by atoms with E-state index < -0.39 is 5.91 Å². The monoisotopic (exact) mass is 395 g/mol. The van der Waals surface area contributed by atoms with E-state index in [4.69, 9.17) is 0 Å². The van der Waals surface area contributed by atoms with Crippen LogP contribution in [0, 0.1) is 0 Å². The maximum Gasteiger partial charge on any atom is 0.274 e. The van der Waals surface area contributed by atoms with Gasteiger partial charge in [0.05, 0.1) is 6.42 Å². The summed E-state index contributed by atoms with van der Waals surface area (Å²) in [7, 11) is 2.06. The second-order valence-electron chi connectivity index (χ2n) is 7.80. The highest BCUT2D eigenvalue weighted by Gasteiger charge is 2.27. The van der Waals surface area contributed by atoms with Crippen molar-refractivity contribution in [3.8, 4) is 0 Å². The second-order valence-corrected chi connectivity index (χ2v) is 7.80. The Balaban J connectivity index is 1.36. The number of nitrogens with zero attached hydrogens (tertiary/aromatic N) is 3. The first-order chi connectivity index (χ1) is 14.0. The molecule has 0 spiro atoms. The summed E-state index contributed by atoms with van der Waals surface area (Å²) in [6.07, 6.45) is 2.32. The molecule has 29 heavy (non-hydrogen) atoms. The fourth-order valence-corrected chi connectivity index (χ4v) is 3.39. The number of carbonyl (C=O) groups excluding carboxylic acids is 2. The number of aromatic amines is 1. The molecule has 1 aromatic carbocycles. The molecule has 1 saturated carbocycles. The van der Waals surface area contributed by atoms with Crippen molar-refractivity contribution in [3.63, 3.8) is 0 Å². The highest BCUT2D eigenvalue weighted by molar-refractivity contribution is 6.02. The SMILES string of the molecule is CN1CCN(C(=O)Cc2ccc(NC(=O)c3cc(=O)[nH]c(C4CC4)n3)cc2)CC1. The molecule has 4 rings (SSSR count). The van der Waals surface area contributed by atoms with E-state index in [1.54, 1.807) is 12.1 Å². The summed E-state index contributed by atoms with van der Waals surface area (Å²) in [6, 6.07) is 8.41. The molecule has 2 N–H and O–H groups in total. The van der Waals surface area contributed by atoms with E-state index in [0.29, 0.717) is 17.9 Å². The number of piperazine rings is 1. The largest absolute Gasteiger partial charge is 0.340 e. The first kappa shape index (κ1) is 19.3. The van der Waals surface area contributed by atoms with E-state index >= 15 is 0 Å². The van der Waals surface area contributed by atoms with Crippen LogP contribution in [0.15, 0.2) is 35.1 Å². The highest BCUT2D eigenvalue weighted by Crippen LogP contribution is 2.37. The van der Waals surface area contributed by atoms with Crippen molar-refractivity contribution >= 4 is 17.5 Å². The third kappa shape index (κ3) is 4.89. The van der Waals surface area contributed by atoms with E-state index in [0.717, 1.165) is 44.6 Å². The molecule has 1 saturated heterocycles. The second kappa shape index (κ2) is 8.16. The number of aromatic nitrogens is 2. The van der Waals surface area contributed by atoms with Gasteiger partial charge in [-0.05, 0) is 37.6 Å². The van der Waals surface area contributed by atoms with Crippen molar-refractivity contribution in [3.05, 3.63) is 57.8 Å². The standard InChI is InChI=1S/C21H25N5O3/c1-25-8-10-26(11-9-25)19(28)12-14-2-6-16(7-3-14)22-21(29)17-13-18(27)24-20(23-17)15-4-5-15/h2-3,6-7,13,15H,4-5,8-12H2,1H3,(H,22,29)(H,23,24,27). The molecule has 1 aromatic heterocycles. The molecule has 2 aliphatic rings. The average Bonchev–Trinajstić information content (AvgIpc) is 3.55. The van der Waals surface area contributed by atoms with Crippen LogP contribution >= 0.6 is 0 Å². The summed E-state index contributed by atoms with van der Waals surface area (Å²) in [6.45, 7) is 3.32. The molecule has 2 aromatic rings. The van der Waals surface area contributed by atoms with E-state index in [9.17, 15) is 14.4 Å². The summed E-state index contributed by atoms with van der Waals surface area (Å²) >= 11 is 0. The van der Waals surface area contributed by atoms with Crippen molar-refractivity contribution in [1.29, 1.82) is 0 Å². The van der Waals surface area contributed by atoms with Gasteiger partial charge in [-0.1, -0.05) is 12.1 Å². The van der Waals surface area contributed by atoms with Gasteiger partial charge in [0.15, 0.2) is 0 Å².